The molecule has 0 bridgehead atoms. The summed E-state index contributed by atoms with van der Waals surface area (Å²) in [5, 5.41) is 21.8. The first-order valence-corrected chi connectivity index (χ1v) is 25.7. The van der Waals surface area contributed by atoms with E-state index >= 15 is 0 Å². The molecule has 4 N–H and O–H groups in total. The van der Waals surface area contributed by atoms with Crippen LogP contribution in [0.15, 0.2) is 48.6 Å². The molecule has 0 rings (SSSR count). The second-order valence-corrected chi connectivity index (χ2v) is 17.8. The van der Waals surface area contributed by atoms with Crippen LogP contribution in [0.3, 0.4) is 0 Å². The molecule has 0 heterocycles. The lowest BCUT2D eigenvalue weighted by Gasteiger charge is -2.18. The van der Waals surface area contributed by atoms with Crippen LogP contribution in [0.25, 0.3) is 0 Å². The van der Waals surface area contributed by atoms with Gasteiger partial charge in [-0.1, -0.05) is 197 Å². The Morgan fingerprint density at radius 2 is 0.918 bits per heavy atom. The number of hydrogen-bond acceptors (Lipinski definition) is 8. The van der Waals surface area contributed by atoms with E-state index in [2.05, 4.69) is 55.6 Å². The predicted molar refractivity (Wildman–Crippen MR) is 249 cm³/mol. The molecular formula is C49H88NO10P. The topological polar surface area (TPSA) is 169 Å². The molecule has 61 heavy (non-hydrogen) atoms. The van der Waals surface area contributed by atoms with E-state index in [9.17, 15) is 34.1 Å². The van der Waals surface area contributed by atoms with Gasteiger partial charge in [-0.15, -0.1) is 0 Å². The fourth-order valence-corrected chi connectivity index (χ4v) is 7.38. The zero-order valence-corrected chi connectivity index (χ0v) is 39.4. The fraction of sp³-hybridized carbons (Fsp3) is 0.776. The molecule has 0 aromatic rings. The van der Waals surface area contributed by atoms with Crippen LogP contribution < -0.4 is 5.32 Å². The van der Waals surface area contributed by atoms with Gasteiger partial charge in [0.15, 0.2) is 6.04 Å². The van der Waals surface area contributed by atoms with Gasteiger partial charge in [0.2, 0.25) is 5.91 Å². The summed E-state index contributed by atoms with van der Waals surface area (Å²) < 4.78 is 26.9. The molecule has 0 saturated heterocycles. The summed E-state index contributed by atoms with van der Waals surface area (Å²) in [4.78, 5) is 46.0. The molecule has 3 unspecified atom stereocenters. The average Bonchev–Trinajstić information content (AvgIpc) is 3.24. The molecule has 0 spiro atoms. The molecular weight excluding hydrogens is 794 g/mol. The smallest absolute Gasteiger partial charge is 0.472 e. The lowest BCUT2D eigenvalue weighted by atomic mass is 10.0. The normalized spacial score (nSPS) is 14.0. The molecule has 354 valence electrons. The summed E-state index contributed by atoms with van der Waals surface area (Å²) in [6.07, 6.45) is 50.0. The number of ether oxygens (including phenoxy) is 1. The maximum absolute atomic E-state index is 12.3. The number of aliphatic hydroxyl groups is 1. The Morgan fingerprint density at radius 1 is 0.525 bits per heavy atom. The van der Waals surface area contributed by atoms with Crippen molar-refractivity contribution >= 4 is 25.7 Å². The molecule has 0 fully saturated rings. The van der Waals surface area contributed by atoms with Crippen molar-refractivity contribution in [3.63, 3.8) is 0 Å². The van der Waals surface area contributed by atoms with Crippen LogP contribution >= 0.6 is 7.82 Å². The van der Waals surface area contributed by atoms with Crippen LogP contribution in [0.1, 0.15) is 213 Å². The molecule has 0 saturated carbocycles. The Hall–Kier alpha value is -2.56. The third kappa shape index (κ3) is 43.9. The highest BCUT2D eigenvalue weighted by Gasteiger charge is 2.28. The number of carboxylic acid groups (broad SMARTS) is 1. The Morgan fingerprint density at radius 3 is 1.38 bits per heavy atom. The van der Waals surface area contributed by atoms with Gasteiger partial charge in [0.25, 0.3) is 0 Å². The number of amides is 1. The van der Waals surface area contributed by atoms with Gasteiger partial charge in [-0.2, -0.15) is 0 Å². The standard InChI is InChI=1S/C49H88NO10P/c1-3-5-7-9-11-13-15-17-19-21-22-23-25-27-29-31-33-35-37-39-41-48(53)58-42-45(51)43-59-61(56,57)60-44-46(49(54)55)50-47(52)40-38-36-34-32-30-28-26-24-20-18-16-14-12-10-8-6-4-2/h12,14,18,20,26,28,32,34,45-46,51H,3-11,13,15-17,19,21-25,27,29-31,33,35-44H2,1-2H3,(H,50,52)(H,54,55)(H,56,57)/b14-12-,20-18-,28-26-,34-32-. The first-order chi connectivity index (χ1) is 29.6. The number of carbonyl (C=O) groups excluding carboxylic acids is 2. The van der Waals surface area contributed by atoms with Gasteiger partial charge < -0.3 is 25.2 Å². The molecule has 0 aromatic heterocycles. The van der Waals surface area contributed by atoms with E-state index in [1.54, 1.807) is 0 Å². The van der Waals surface area contributed by atoms with Crippen molar-refractivity contribution in [3.8, 4) is 0 Å². The molecule has 0 aliphatic rings. The van der Waals surface area contributed by atoms with Crippen LogP contribution in [-0.4, -0.2) is 64.9 Å². The third-order valence-electron chi connectivity index (χ3n) is 10.4. The van der Waals surface area contributed by atoms with Crippen LogP contribution in [-0.2, 0) is 32.7 Å². The van der Waals surface area contributed by atoms with Gasteiger partial charge in [-0.25, -0.2) is 9.36 Å². The van der Waals surface area contributed by atoms with E-state index in [1.165, 1.54) is 122 Å². The highest BCUT2D eigenvalue weighted by atomic mass is 31.2. The highest BCUT2D eigenvalue weighted by molar-refractivity contribution is 7.47. The maximum atomic E-state index is 12.3. The number of esters is 1. The summed E-state index contributed by atoms with van der Waals surface area (Å²) >= 11 is 0. The van der Waals surface area contributed by atoms with E-state index in [1.807, 2.05) is 12.2 Å². The van der Waals surface area contributed by atoms with E-state index in [4.69, 9.17) is 13.8 Å². The molecule has 0 aliphatic heterocycles. The molecule has 3 atom stereocenters. The lowest BCUT2D eigenvalue weighted by Crippen LogP contribution is -2.43. The number of aliphatic carboxylic acids is 1. The van der Waals surface area contributed by atoms with Gasteiger partial charge in [0.1, 0.15) is 12.7 Å². The van der Waals surface area contributed by atoms with Crippen molar-refractivity contribution in [2.24, 2.45) is 0 Å². The molecule has 0 aromatic carbocycles. The predicted octanol–water partition coefficient (Wildman–Crippen LogP) is 13.0. The van der Waals surface area contributed by atoms with Gasteiger partial charge >= 0.3 is 19.8 Å². The molecule has 1 amide bonds. The number of carbonyl (C=O) groups is 3. The van der Waals surface area contributed by atoms with Crippen LogP contribution in [0.2, 0.25) is 0 Å². The van der Waals surface area contributed by atoms with Crippen LogP contribution in [0.4, 0.5) is 0 Å². The number of unbranched alkanes of at least 4 members (excludes halogenated alkanes) is 23. The quantitative estimate of drug-likeness (QED) is 0.0200. The number of phosphoric ester groups is 1. The minimum absolute atomic E-state index is 0.0690. The lowest BCUT2D eigenvalue weighted by molar-refractivity contribution is -0.147. The average molecular weight is 882 g/mol. The summed E-state index contributed by atoms with van der Waals surface area (Å²) in [6.45, 7) is 2.55. The number of aliphatic hydroxyl groups excluding tert-OH is 1. The summed E-state index contributed by atoms with van der Waals surface area (Å²) in [6, 6.07) is -1.58. The monoisotopic (exact) mass is 882 g/mol. The number of phosphoric acid groups is 1. The minimum Gasteiger partial charge on any atom is -0.480 e. The number of rotatable bonds is 45. The third-order valence-corrected chi connectivity index (χ3v) is 11.3. The van der Waals surface area contributed by atoms with Crippen molar-refractivity contribution < 1.29 is 47.8 Å². The minimum atomic E-state index is -4.77. The van der Waals surface area contributed by atoms with Gasteiger partial charge in [-0.3, -0.25) is 18.6 Å². The van der Waals surface area contributed by atoms with E-state index in [0.717, 1.165) is 44.9 Å². The Balaban J connectivity index is 3.90. The van der Waals surface area contributed by atoms with Crippen molar-refractivity contribution in [2.45, 2.75) is 225 Å². The highest BCUT2D eigenvalue weighted by Crippen LogP contribution is 2.43. The van der Waals surface area contributed by atoms with Gasteiger partial charge in [-0.05, 0) is 51.4 Å². The molecule has 12 heteroatoms. The number of carboxylic acids is 1. The zero-order valence-electron chi connectivity index (χ0n) is 38.5. The van der Waals surface area contributed by atoms with Gasteiger partial charge in [0, 0.05) is 12.8 Å². The number of hydrogen-bond donors (Lipinski definition) is 4. The Labute approximate surface area is 371 Å². The second kappa shape index (κ2) is 44.1. The number of allylic oxidation sites excluding steroid dienone is 8. The Kier molecular flexibility index (Phi) is 42.2. The summed E-state index contributed by atoms with van der Waals surface area (Å²) in [5.74, 6) is -2.45. The summed E-state index contributed by atoms with van der Waals surface area (Å²) in [7, 11) is -4.77. The number of nitrogens with one attached hydrogen (secondary N) is 1. The SMILES string of the molecule is CCCCC/C=C\C/C=C\C/C=C\C/C=C\CCCC(=O)NC(COP(=O)(O)OCC(O)COC(=O)CCCCCCCCCCCCCCCCCCCCCC)C(=O)O. The van der Waals surface area contributed by atoms with Crippen molar-refractivity contribution in [2.75, 3.05) is 19.8 Å². The first-order valence-electron chi connectivity index (χ1n) is 24.2. The Bertz CT molecular complexity index is 1220. The van der Waals surface area contributed by atoms with Crippen LogP contribution in [0, 0.1) is 0 Å². The first kappa shape index (κ1) is 58.4. The molecule has 0 aliphatic carbocycles. The second-order valence-electron chi connectivity index (χ2n) is 16.3. The summed E-state index contributed by atoms with van der Waals surface area (Å²) in [5.41, 5.74) is 0. The largest absolute Gasteiger partial charge is 0.480 e. The fourth-order valence-electron chi connectivity index (χ4n) is 6.60. The van der Waals surface area contributed by atoms with E-state index < -0.39 is 57.6 Å². The van der Waals surface area contributed by atoms with Crippen LogP contribution in [0.5, 0.6) is 0 Å². The van der Waals surface area contributed by atoms with E-state index in [0.29, 0.717) is 19.3 Å². The van der Waals surface area contributed by atoms with Crippen molar-refractivity contribution in [1.29, 1.82) is 0 Å². The van der Waals surface area contributed by atoms with E-state index in [-0.39, 0.29) is 12.8 Å². The van der Waals surface area contributed by atoms with Crippen molar-refractivity contribution in [3.05, 3.63) is 48.6 Å². The molecule has 11 nitrogen and oxygen atoms in total. The molecule has 0 radical (unpaired) electrons. The zero-order chi connectivity index (χ0) is 44.9. The van der Waals surface area contributed by atoms with Crippen molar-refractivity contribution in [1.82, 2.24) is 5.32 Å². The maximum Gasteiger partial charge on any atom is 0.472 e. The van der Waals surface area contributed by atoms with Gasteiger partial charge in [0.05, 0.1) is 13.2 Å².